The summed E-state index contributed by atoms with van der Waals surface area (Å²) in [5, 5.41) is 11.5. The molecule has 0 atom stereocenters. The predicted octanol–water partition coefficient (Wildman–Crippen LogP) is 0.809. The highest BCUT2D eigenvalue weighted by molar-refractivity contribution is 5.36. The van der Waals surface area contributed by atoms with E-state index in [0.29, 0.717) is 13.1 Å². The van der Waals surface area contributed by atoms with Crippen molar-refractivity contribution in [2.45, 2.75) is 13.1 Å². The molecular weight excluding hydrogens is 228 g/mol. The lowest BCUT2D eigenvalue weighted by Crippen LogP contribution is -2.15. The molecule has 0 unspecified atom stereocenters. The topological polar surface area (TPSA) is 68.0 Å². The van der Waals surface area contributed by atoms with Crippen LogP contribution in [-0.4, -0.2) is 24.6 Å². The Labute approximate surface area is 104 Å². The largest absolute Gasteiger partial charge is 0.306 e. The van der Waals surface area contributed by atoms with Gasteiger partial charge in [0.05, 0.1) is 6.54 Å². The average molecular weight is 240 g/mol. The Morgan fingerprint density at radius 2 is 1.94 bits per heavy atom. The minimum Gasteiger partial charge on any atom is -0.306 e. The molecule has 0 saturated heterocycles. The third-order valence-electron chi connectivity index (χ3n) is 2.61. The fourth-order valence-electron chi connectivity index (χ4n) is 1.75. The SMILES string of the molecule is c1ccn2c(CNCc3cncnc3)nnc2c1. The number of hydrogen-bond acceptors (Lipinski definition) is 5. The van der Waals surface area contributed by atoms with Crippen LogP contribution in [0.4, 0.5) is 0 Å². The van der Waals surface area contributed by atoms with Gasteiger partial charge in [-0.25, -0.2) is 9.97 Å². The molecule has 0 bridgehead atoms. The Morgan fingerprint density at radius 1 is 1.06 bits per heavy atom. The van der Waals surface area contributed by atoms with Crippen molar-refractivity contribution in [1.29, 1.82) is 0 Å². The summed E-state index contributed by atoms with van der Waals surface area (Å²) in [7, 11) is 0. The van der Waals surface area contributed by atoms with E-state index in [2.05, 4.69) is 25.5 Å². The molecule has 0 fully saturated rings. The van der Waals surface area contributed by atoms with Gasteiger partial charge in [0.2, 0.25) is 0 Å². The molecule has 3 rings (SSSR count). The molecule has 3 aromatic rings. The fraction of sp³-hybridized carbons (Fsp3) is 0.167. The average Bonchev–Trinajstić information content (AvgIpc) is 2.84. The van der Waals surface area contributed by atoms with Crippen LogP contribution < -0.4 is 5.32 Å². The summed E-state index contributed by atoms with van der Waals surface area (Å²) >= 11 is 0. The minimum absolute atomic E-state index is 0.653. The molecule has 0 saturated carbocycles. The highest BCUT2D eigenvalue weighted by atomic mass is 15.3. The molecule has 0 aliphatic carbocycles. The molecule has 0 aliphatic rings. The van der Waals surface area contributed by atoms with Crippen LogP contribution in [0.5, 0.6) is 0 Å². The number of hydrogen-bond donors (Lipinski definition) is 1. The van der Waals surface area contributed by atoms with Gasteiger partial charge in [0, 0.05) is 30.7 Å². The summed E-state index contributed by atoms with van der Waals surface area (Å²) in [6.07, 6.45) is 7.07. The van der Waals surface area contributed by atoms with E-state index in [-0.39, 0.29) is 0 Å². The van der Waals surface area contributed by atoms with Gasteiger partial charge in [-0.2, -0.15) is 0 Å². The first kappa shape index (κ1) is 10.8. The monoisotopic (exact) mass is 240 g/mol. The van der Waals surface area contributed by atoms with Gasteiger partial charge < -0.3 is 5.32 Å². The third kappa shape index (κ3) is 2.18. The van der Waals surface area contributed by atoms with Crippen LogP contribution in [-0.2, 0) is 13.1 Å². The van der Waals surface area contributed by atoms with Crippen molar-refractivity contribution in [2.75, 3.05) is 0 Å². The van der Waals surface area contributed by atoms with Gasteiger partial charge in [-0.1, -0.05) is 6.07 Å². The zero-order valence-electron chi connectivity index (χ0n) is 9.69. The summed E-state index contributed by atoms with van der Waals surface area (Å²) in [6, 6.07) is 5.84. The second-order valence-electron chi connectivity index (χ2n) is 3.90. The Morgan fingerprint density at radius 3 is 2.83 bits per heavy atom. The van der Waals surface area contributed by atoms with Gasteiger partial charge in [0.25, 0.3) is 0 Å². The maximum Gasteiger partial charge on any atom is 0.160 e. The first-order chi connectivity index (χ1) is 8.93. The number of fused-ring (bicyclic) bond motifs is 1. The molecule has 0 spiro atoms. The minimum atomic E-state index is 0.653. The summed E-state index contributed by atoms with van der Waals surface area (Å²) in [6.45, 7) is 1.36. The van der Waals surface area contributed by atoms with Gasteiger partial charge in [0.1, 0.15) is 6.33 Å². The van der Waals surface area contributed by atoms with Gasteiger partial charge in [-0.05, 0) is 12.1 Å². The van der Waals surface area contributed by atoms with Crippen LogP contribution in [0.2, 0.25) is 0 Å². The molecule has 6 heteroatoms. The zero-order valence-corrected chi connectivity index (χ0v) is 9.69. The Kier molecular flexibility index (Phi) is 2.93. The highest BCUT2D eigenvalue weighted by Gasteiger charge is 2.03. The lowest BCUT2D eigenvalue weighted by molar-refractivity contribution is 0.653. The zero-order chi connectivity index (χ0) is 12.2. The van der Waals surface area contributed by atoms with Crippen molar-refractivity contribution in [2.24, 2.45) is 0 Å². The van der Waals surface area contributed by atoms with Gasteiger partial charge >= 0.3 is 0 Å². The van der Waals surface area contributed by atoms with Crippen molar-refractivity contribution in [1.82, 2.24) is 29.9 Å². The smallest absolute Gasteiger partial charge is 0.160 e. The quantitative estimate of drug-likeness (QED) is 0.731. The molecule has 0 aromatic carbocycles. The first-order valence-electron chi connectivity index (χ1n) is 5.67. The molecule has 3 heterocycles. The lowest BCUT2D eigenvalue weighted by Gasteiger charge is -2.02. The maximum atomic E-state index is 4.15. The van der Waals surface area contributed by atoms with Gasteiger partial charge in [0.15, 0.2) is 11.5 Å². The highest BCUT2D eigenvalue weighted by Crippen LogP contribution is 2.02. The van der Waals surface area contributed by atoms with E-state index in [9.17, 15) is 0 Å². The Hall–Kier alpha value is -2.34. The van der Waals surface area contributed by atoms with Gasteiger partial charge in [-0.15, -0.1) is 10.2 Å². The van der Waals surface area contributed by atoms with Crippen LogP contribution >= 0.6 is 0 Å². The van der Waals surface area contributed by atoms with E-state index in [1.807, 2.05) is 28.8 Å². The third-order valence-corrected chi connectivity index (χ3v) is 2.61. The number of rotatable bonds is 4. The van der Waals surface area contributed by atoms with E-state index in [0.717, 1.165) is 17.0 Å². The van der Waals surface area contributed by atoms with E-state index in [1.54, 1.807) is 12.4 Å². The Bertz CT molecular complexity index is 633. The number of nitrogens with one attached hydrogen (secondary N) is 1. The van der Waals surface area contributed by atoms with E-state index >= 15 is 0 Å². The lowest BCUT2D eigenvalue weighted by atomic mass is 10.3. The molecule has 0 radical (unpaired) electrons. The van der Waals surface area contributed by atoms with Crippen LogP contribution in [0, 0.1) is 0 Å². The summed E-state index contributed by atoms with van der Waals surface area (Å²) in [4.78, 5) is 7.93. The molecule has 18 heavy (non-hydrogen) atoms. The van der Waals surface area contributed by atoms with Crippen molar-refractivity contribution < 1.29 is 0 Å². The second-order valence-corrected chi connectivity index (χ2v) is 3.90. The number of nitrogens with zero attached hydrogens (tertiary/aromatic N) is 5. The van der Waals surface area contributed by atoms with E-state index in [1.165, 1.54) is 6.33 Å². The normalized spacial score (nSPS) is 10.9. The van der Waals surface area contributed by atoms with Crippen molar-refractivity contribution in [3.05, 3.63) is 54.5 Å². The van der Waals surface area contributed by atoms with Crippen molar-refractivity contribution in [3.8, 4) is 0 Å². The van der Waals surface area contributed by atoms with Crippen molar-refractivity contribution >= 4 is 5.65 Å². The van der Waals surface area contributed by atoms with Gasteiger partial charge in [-0.3, -0.25) is 4.40 Å². The maximum absolute atomic E-state index is 4.15. The number of aromatic nitrogens is 5. The summed E-state index contributed by atoms with van der Waals surface area (Å²) in [5.74, 6) is 0.891. The molecular formula is C12H12N6. The van der Waals surface area contributed by atoms with Crippen LogP contribution in [0.25, 0.3) is 5.65 Å². The molecule has 6 nitrogen and oxygen atoms in total. The molecule has 90 valence electrons. The first-order valence-corrected chi connectivity index (χ1v) is 5.67. The second kappa shape index (κ2) is 4.89. The molecule has 3 aromatic heterocycles. The fourth-order valence-corrected chi connectivity index (χ4v) is 1.75. The van der Waals surface area contributed by atoms with Crippen LogP contribution in [0.1, 0.15) is 11.4 Å². The predicted molar refractivity (Wildman–Crippen MR) is 65.6 cm³/mol. The number of pyridine rings is 1. The molecule has 1 N–H and O–H groups in total. The summed E-state index contributed by atoms with van der Waals surface area (Å²) in [5.41, 5.74) is 1.91. The summed E-state index contributed by atoms with van der Waals surface area (Å²) < 4.78 is 1.97. The van der Waals surface area contributed by atoms with Crippen LogP contribution in [0.15, 0.2) is 43.1 Å². The van der Waals surface area contributed by atoms with Crippen molar-refractivity contribution in [3.63, 3.8) is 0 Å². The van der Waals surface area contributed by atoms with E-state index in [4.69, 9.17) is 0 Å². The standard InChI is InChI=1S/C12H12N6/c1-2-4-18-11(3-1)16-17-12(18)8-13-5-10-6-14-9-15-7-10/h1-4,6-7,9,13H,5,8H2. The van der Waals surface area contributed by atoms with Crippen LogP contribution in [0.3, 0.4) is 0 Å². The molecule has 0 amide bonds. The van der Waals surface area contributed by atoms with E-state index < -0.39 is 0 Å². The Balaban J connectivity index is 1.67. The molecule has 0 aliphatic heterocycles.